The minimum absolute atomic E-state index is 0.139. The van der Waals surface area contributed by atoms with E-state index in [1.165, 1.54) is 0 Å². The van der Waals surface area contributed by atoms with Gasteiger partial charge in [0.15, 0.2) is 0 Å². The van der Waals surface area contributed by atoms with Gasteiger partial charge in [0.2, 0.25) is 0 Å². The first-order valence-electron chi connectivity index (χ1n) is 6.55. The smallest absolute Gasteiger partial charge is 0.0781 e. The molecule has 0 spiro atoms. The molecule has 108 valence electrons. The Bertz CT molecular complexity index is 399. The highest BCUT2D eigenvalue weighted by Crippen LogP contribution is 2.35. The molecule has 1 rings (SSSR count). The quantitative estimate of drug-likeness (QED) is 0.529. The largest absolute Gasteiger partial charge is 0.396 e. The SMILES string of the molecule is CC(NCCCCCCO)c1ccc(Cl)c(Cl)c1Cl. The molecule has 0 aliphatic carbocycles. The van der Waals surface area contributed by atoms with Gasteiger partial charge >= 0.3 is 0 Å². The highest BCUT2D eigenvalue weighted by Gasteiger charge is 2.13. The summed E-state index contributed by atoms with van der Waals surface area (Å²) in [6.07, 6.45) is 4.16. The van der Waals surface area contributed by atoms with E-state index in [-0.39, 0.29) is 12.6 Å². The molecular formula is C14H20Cl3NO. The van der Waals surface area contributed by atoms with Crippen molar-refractivity contribution in [2.24, 2.45) is 0 Å². The van der Waals surface area contributed by atoms with Gasteiger partial charge in [-0.3, -0.25) is 0 Å². The Morgan fingerprint density at radius 2 is 1.74 bits per heavy atom. The summed E-state index contributed by atoms with van der Waals surface area (Å²) in [5.74, 6) is 0. The minimum atomic E-state index is 0.139. The summed E-state index contributed by atoms with van der Waals surface area (Å²) in [6.45, 7) is 3.26. The molecule has 5 heteroatoms. The van der Waals surface area contributed by atoms with Crippen LogP contribution in [0.5, 0.6) is 0 Å². The van der Waals surface area contributed by atoms with Crippen LogP contribution < -0.4 is 5.32 Å². The lowest BCUT2D eigenvalue weighted by Crippen LogP contribution is -2.20. The van der Waals surface area contributed by atoms with Crippen LogP contribution in [0.4, 0.5) is 0 Å². The Morgan fingerprint density at radius 1 is 1.05 bits per heavy atom. The Morgan fingerprint density at radius 3 is 2.42 bits per heavy atom. The van der Waals surface area contributed by atoms with Crippen LogP contribution in [0.1, 0.15) is 44.2 Å². The summed E-state index contributed by atoms with van der Waals surface area (Å²) >= 11 is 18.1. The van der Waals surface area contributed by atoms with Gasteiger partial charge in [-0.15, -0.1) is 0 Å². The van der Waals surface area contributed by atoms with E-state index < -0.39 is 0 Å². The van der Waals surface area contributed by atoms with Gasteiger partial charge in [0, 0.05) is 12.6 Å². The lowest BCUT2D eigenvalue weighted by atomic mass is 10.1. The Labute approximate surface area is 130 Å². The Balaban J connectivity index is 2.41. The molecule has 1 aromatic carbocycles. The van der Waals surface area contributed by atoms with Gasteiger partial charge < -0.3 is 10.4 Å². The Kier molecular flexibility index (Phi) is 8.12. The molecule has 0 aliphatic heterocycles. The third kappa shape index (κ3) is 5.49. The molecule has 1 unspecified atom stereocenters. The molecule has 2 N–H and O–H groups in total. The van der Waals surface area contributed by atoms with Gasteiger partial charge in [0.05, 0.1) is 15.1 Å². The zero-order chi connectivity index (χ0) is 14.3. The number of hydrogen-bond acceptors (Lipinski definition) is 2. The van der Waals surface area contributed by atoms with Crippen LogP contribution in [0.25, 0.3) is 0 Å². The van der Waals surface area contributed by atoms with E-state index in [1.807, 2.05) is 6.07 Å². The first kappa shape index (κ1) is 17.1. The number of benzene rings is 1. The molecule has 0 bridgehead atoms. The maximum absolute atomic E-state index is 8.69. The minimum Gasteiger partial charge on any atom is -0.396 e. The van der Waals surface area contributed by atoms with Crippen LogP contribution in [0.15, 0.2) is 12.1 Å². The van der Waals surface area contributed by atoms with Crippen LogP contribution in [0, 0.1) is 0 Å². The number of nitrogens with one attached hydrogen (secondary N) is 1. The summed E-state index contributed by atoms with van der Waals surface area (Å²) in [7, 11) is 0. The zero-order valence-corrected chi connectivity index (χ0v) is 13.3. The van der Waals surface area contributed by atoms with Gasteiger partial charge in [0.25, 0.3) is 0 Å². The predicted octanol–water partition coefficient (Wildman–Crippen LogP) is 4.85. The van der Waals surface area contributed by atoms with E-state index in [9.17, 15) is 0 Å². The molecule has 19 heavy (non-hydrogen) atoms. The first-order chi connectivity index (χ1) is 9.07. The molecule has 0 fully saturated rings. The van der Waals surface area contributed by atoms with Gasteiger partial charge in [-0.25, -0.2) is 0 Å². The van der Waals surface area contributed by atoms with Crippen molar-refractivity contribution < 1.29 is 5.11 Å². The van der Waals surface area contributed by atoms with Crippen molar-refractivity contribution in [2.45, 2.75) is 38.6 Å². The van der Waals surface area contributed by atoms with Gasteiger partial charge in [-0.2, -0.15) is 0 Å². The molecule has 0 saturated carbocycles. The number of hydrogen-bond donors (Lipinski definition) is 2. The average Bonchev–Trinajstić information content (AvgIpc) is 2.40. The standard InChI is InChI=1S/C14H20Cl3NO/c1-10(18-8-4-2-3-5-9-19)11-6-7-12(15)14(17)13(11)16/h6-7,10,18-19H,2-5,8-9H2,1H3. The second-order valence-electron chi connectivity index (χ2n) is 4.58. The molecule has 1 aromatic rings. The van der Waals surface area contributed by atoms with Crippen LogP contribution in [0.3, 0.4) is 0 Å². The highest BCUT2D eigenvalue weighted by molar-refractivity contribution is 6.48. The third-order valence-electron chi connectivity index (χ3n) is 3.07. The normalized spacial score (nSPS) is 12.7. The number of aliphatic hydroxyl groups excluding tert-OH is 1. The first-order valence-corrected chi connectivity index (χ1v) is 7.69. The van der Waals surface area contributed by atoms with Crippen LogP contribution in [0.2, 0.25) is 15.1 Å². The summed E-state index contributed by atoms with van der Waals surface area (Å²) in [4.78, 5) is 0. The second-order valence-corrected chi connectivity index (χ2v) is 5.74. The summed E-state index contributed by atoms with van der Waals surface area (Å²) in [6, 6.07) is 3.81. The molecule has 0 heterocycles. The van der Waals surface area contributed by atoms with Crippen LogP contribution in [-0.4, -0.2) is 18.3 Å². The van der Waals surface area contributed by atoms with Crippen molar-refractivity contribution in [3.8, 4) is 0 Å². The molecule has 2 nitrogen and oxygen atoms in total. The van der Waals surface area contributed by atoms with Crippen LogP contribution >= 0.6 is 34.8 Å². The van der Waals surface area contributed by atoms with Crippen molar-refractivity contribution in [1.29, 1.82) is 0 Å². The molecule has 1 atom stereocenters. The summed E-state index contributed by atoms with van der Waals surface area (Å²) < 4.78 is 0. The topological polar surface area (TPSA) is 32.3 Å². The Hall–Kier alpha value is 0.01000. The lowest BCUT2D eigenvalue weighted by Gasteiger charge is -2.16. The van der Waals surface area contributed by atoms with Gasteiger partial charge in [0.1, 0.15) is 0 Å². The van der Waals surface area contributed by atoms with Crippen molar-refractivity contribution in [2.75, 3.05) is 13.2 Å². The number of rotatable bonds is 8. The fourth-order valence-corrected chi connectivity index (χ4v) is 2.60. The van der Waals surface area contributed by atoms with E-state index in [4.69, 9.17) is 39.9 Å². The summed E-state index contributed by atoms with van der Waals surface area (Å²) in [5.41, 5.74) is 0.964. The number of unbranched alkanes of at least 4 members (excludes halogenated alkanes) is 3. The molecule has 0 aromatic heterocycles. The van der Waals surface area contributed by atoms with E-state index in [2.05, 4.69) is 12.2 Å². The fourth-order valence-electron chi connectivity index (χ4n) is 1.89. The maximum Gasteiger partial charge on any atom is 0.0781 e. The fraction of sp³-hybridized carbons (Fsp3) is 0.571. The second kappa shape index (κ2) is 9.04. The lowest BCUT2D eigenvalue weighted by molar-refractivity contribution is 0.282. The van der Waals surface area contributed by atoms with Gasteiger partial charge in [-0.05, 0) is 37.9 Å². The molecule has 0 amide bonds. The number of aliphatic hydroxyl groups is 1. The van der Waals surface area contributed by atoms with E-state index in [0.717, 1.165) is 37.8 Å². The van der Waals surface area contributed by atoms with E-state index >= 15 is 0 Å². The average molecular weight is 325 g/mol. The monoisotopic (exact) mass is 323 g/mol. The van der Waals surface area contributed by atoms with E-state index in [1.54, 1.807) is 6.07 Å². The van der Waals surface area contributed by atoms with Gasteiger partial charge in [-0.1, -0.05) is 53.7 Å². The van der Waals surface area contributed by atoms with Crippen molar-refractivity contribution >= 4 is 34.8 Å². The van der Waals surface area contributed by atoms with Crippen molar-refractivity contribution in [1.82, 2.24) is 5.32 Å². The molecule has 0 aliphatic rings. The number of halogens is 3. The molecule has 0 saturated heterocycles. The van der Waals surface area contributed by atoms with E-state index in [0.29, 0.717) is 15.1 Å². The molecule has 0 radical (unpaired) electrons. The highest BCUT2D eigenvalue weighted by atomic mass is 35.5. The predicted molar refractivity (Wildman–Crippen MR) is 83.4 cm³/mol. The van der Waals surface area contributed by atoms with Crippen molar-refractivity contribution in [3.63, 3.8) is 0 Å². The van der Waals surface area contributed by atoms with Crippen molar-refractivity contribution in [3.05, 3.63) is 32.8 Å². The zero-order valence-electron chi connectivity index (χ0n) is 11.1. The van der Waals surface area contributed by atoms with Crippen LogP contribution in [-0.2, 0) is 0 Å². The maximum atomic E-state index is 8.69. The molecular weight excluding hydrogens is 305 g/mol. The summed E-state index contributed by atoms with van der Waals surface area (Å²) in [5, 5.41) is 13.5. The third-order valence-corrected chi connectivity index (χ3v) is 4.38.